The summed E-state index contributed by atoms with van der Waals surface area (Å²) in [7, 11) is 0. The number of nitrogens with one attached hydrogen (secondary N) is 1. The molecule has 0 bridgehead atoms. The van der Waals surface area contributed by atoms with Crippen LogP contribution in [0.15, 0.2) is 52.3 Å². The second-order valence-electron chi connectivity index (χ2n) is 4.39. The largest absolute Gasteiger partial charge is 0.480 e. The Morgan fingerprint density at radius 1 is 1.10 bits per heavy atom. The molecule has 0 aromatic heterocycles. The average Bonchev–Trinajstić information content (AvgIpc) is 2.50. The summed E-state index contributed by atoms with van der Waals surface area (Å²) in [5.74, 6) is -0.172. The van der Waals surface area contributed by atoms with Crippen LogP contribution >= 0.6 is 11.8 Å². The molecule has 0 spiro atoms. The van der Waals surface area contributed by atoms with Gasteiger partial charge < -0.3 is 15.2 Å². The van der Waals surface area contributed by atoms with Gasteiger partial charge in [-0.2, -0.15) is 0 Å². The second-order valence-corrected chi connectivity index (χ2v) is 5.47. The number of para-hydroxylation sites is 1. The van der Waals surface area contributed by atoms with E-state index in [1.807, 2.05) is 24.3 Å². The summed E-state index contributed by atoms with van der Waals surface area (Å²) < 4.78 is 5.78. The van der Waals surface area contributed by atoms with Crippen molar-refractivity contribution in [1.82, 2.24) is 5.32 Å². The van der Waals surface area contributed by atoms with E-state index < -0.39 is 18.4 Å². The third kappa shape index (κ3) is 2.85. The van der Waals surface area contributed by atoms with Gasteiger partial charge in [0.1, 0.15) is 18.0 Å². The molecule has 6 heteroatoms. The Morgan fingerprint density at radius 3 is 2.67 bits per heavy atom. The van der Waals surface area contributed by atoms with Crippen molar-refractivity contribution in [1.29, 1.82) is 0 Å². The fourth-order valence-corrected chi connectivity index (χ4v) is 2.86. The highest BCUT2D eigenvalue weighted by molar-refractivity contribution is 7.99. The van der Waals surface area contributed by atoms with E-state index >= 15 is 0 Å². The average molecular weight is 301 g/mol. The minimum atomic E-state index is -1.08. The number of carboxylic acids is 1. The van der Waals surface area contributed by atoms with Crippen molar-refractivity contribution >= 4 is 23.6 Å². The van der Waals surface area contributed by atoms with E-state index in [1.165, 1.54) is 0 Å². The Bertz CT molecular complexity index is 729. The molecule has 0 unspecified atom stereocenters. The van der Waals surface area contributed by atoms with Gasteiger partial charge in [0.05, 0.1) is 9.79 Å². The molecule has 1 amide bonds. The van der Waals surface area contributed by atoms with Gasteiger partial charge in [0, 0.05) is 5.56 Å². The number of rotatable bonds is 3. The predicted octanol–water partition coefficient (Wildman–Crippen LogP) is 2.76. The van der Waals surface area contributed by atoms with E-state index in [-0.39, 0.29) is 0 Å². The number of aliphatic carboxylic acids is 1. The maximum absolute atomic E-state index is 11.8. The van der Waals surface area contributed by atoms with Crippen LogP contribution in [0.25, 0.3) is 0 Å². The van der Waals surface area contributed by atoms with Crippen molar-refractivity contribution in [3.05, 3.63) is 48.0 Å². The lowest BCUT2D eigenvalue weighted by Gasteiger charge is -2.19. The number of ether oxygens (including phenoxy) is 1. The molecule has 1 aliphatic rings. The van der Waals surface area contributed by atoms with Crippen molar-refractivity contribution in [2.75, 3.05) is 6.54 Å². The summed E-state index contributed by atoms with van der Waals surface area (Å²) in [4.78, 5) is 24.2. The smallest absolute Gasteiger partial charge is 0.322 e. The molecule has 2 aromatic carbocycles. The Morgan fingerprint density at radius 2 is 1.86 bits per heavy atom. The first kappa shape index (κ1) is 13.5. The van der Waals surface area contributed by atoms with Crippen molar-refractivity contribution < 1.29 is 19.4 Å². The first-order valence-corrected chi connectivity index (χ1v) is 7.04. The van der Waals surface area contributed by atoms with Crippen LogP contribution in [0.2, 0.25) is 0 Å². The summed E-state index contributed by atoms with van der Waals surface area (Å²) in [5, 5.41) is 10.9. The normalized spacial score (nSPS) is 11.8. The van der Waals surface area contributed by atoms with Crippen LogP contribution in [0.4, 0.5) is 0 Å². The van der Waals surface area contributed by atoms with Crippen LogP contribution in [0.5, 0.6) is 11.5 Å². The van der Waals surface area contributed by atoms with Gasteiger partial charge in [0.15, 0.2) is 0 Å². The molecule has 106 valence electrons. The maximum Gasteiger partial charge on any atom is 0.322 e. The number of amides is 1. The van der Waals surface area contributed by atoms with Crippen LogP contribution in [-0.2, 0) is 4.79 Å². The molecular weight excluding hydrogens is 290 g/mol. The number of carbonyl (C=O) groups excluding carboxylic acids is 1. The molecule has 0 atom stereocenters. The molecule has 0 fully saturated rings. The van der Waals surface area contributed by atoms with E-state index in [2.05, 4.69) is 5.32 Å². The fraction of sp³-hybridized carbons (Fsp3) is 0.0667. The Balaban J connectivity index is 1.83. The number of carbonyl (C=O) groups is 2. The molecule has 1 aliphatic heterocycles. The zero-order valence-corrected chi connectivity index (χ0v) is 11.6. The van der Waals surface area contributed by atoms with E-state index in [0.29, 0.717) is 11.3 Å². The summed E-state index contributed by atoms with van der Waals surface area (Å²) >= 11 is 1.57. The lowest BCUT2D eigenvalue weighted by molar-refractivity contribution is -0.135. The topological polar surface area (TPSA) is 75.6 Å². The summed E-state index contributed by atoms with van der Waals surface area (Å²) in [6.07, 6.45) is 0. The zero-order chi connectivity index (χ0) is 14.8. The Labute approximate surface area is 124 Å². The third-order valence-electron chi connectivity index (χ3n) is 2.90. The molecule has 2 aromatic rings. The van der Waals surface area contributed by atoms with E-state index in [9.17, 15) is 9.59 Å². The molecule has 0 radical (unpaired) electrons. The summed E-state index contributed by atoms with van der Waals surface area (Å²) in [6, 6.07) is 12.7. The molecule has 0 saturated heterocycles. The van der Waals surface area contributed by atoms with Crippen LogP contribution in [0.1, 0.15) is 10.4 Å². The first-order valence-electron chi connectivity index (χ1n) is 6.22. The third-order valence-corrected chi connectivity index (χ3v) is 4.01. The molecule has 21 heavy (non-hydrogen) atoms. The Hall–Kier alpha value is -2.47. The van der Waals surface area contributed by atoms with Crippen LogP contribution in [0, 0.1) is 0 Å². The highest BCUT2D eigenvalue weighted by Crippen LogP contribution is 2.46. The summed E-state index contributed by atoms with van der Waals surface area (Å²) in [6.45, 7) is -0.408. The van der Waals surface area contributed by atoms with E-state index in [1.54, 1.807) is 30.0 Å². The molecule has 1 heterocycles. The van der Waals surface area contributed by atoms with Crippen molar-refractivity contribution in [3.8, 4) is 11.5 Å². The van der Waals surface area contributed by atoms with Gasteiger partial charge in [-0.15, -0.1) is 0 Å². The van der Waals surface area contributed by atoms with Gasteiger partial charge in [-0.25, -0.2) is 0 Å². The zero-order valence-electron chi connectivity index (χ0n) is 10.8. The maximum atomic E-state index is 11.8. The van der Waals surface area contributed by atoms with E-state index in [4.69, 9.17) is 9.84 Å². The number of benzene rings is 2. The van der Waals surface area contributed by atoms with Gasteiger partial charge in [-0.1, -0.05) is 23.9 Å². The van der Waals surface area contributed by atoms with Crippen LogP contribution < -0.4 is 10.1 Å². The van der Waals surface area contributed by atoms with Crippen molar-refractivity contribution in [2.24, 2.45) is 0 Å². The number of carboxylic acid groups (broad SMARTS) is 1. The van der Waals surface area contributed by atoms with Gasteiger partial charge in [0.25, 0.3) is 5.91 Å². The Kier molecular flexibility index (Phi) is 3.53. The number of fused-ring (bicyclic) bond motifs is 2. The molecular formula is C15H11NO4S. The lowest BCUT2D eigenvalue weighted by atomic mass is 10.2. The van der Waals surface area contributed by atoms with Crippen molar-refractivity contribution in [3.63, 3.8) is 0 Å². The van der Waals surface area contributed by atoms with E-state index in [0.717, 1.165) is 15.5 Å². The predicted molar refractivity (Wildman–Crippen MR) is 77.1 cm³/mol. The van der Waals surface area contributed by atoms with Gasteiger partial charge in [-0.05, 0) is 30.3 Å². The standard InChI is InChI=1S/C15H11NO4S/c17-14(18)8-16-15(19)9-5-6-13-11(7-9)20-10-3-1-2-4-12(10)21-13/h1-7H,8H2,(H,16,19)(H,17,18). The van der Waals surface area contributed by atoms with Crippen LogP contribution in [-0.4, -0.2) is 23.5 Å². The van der Waals surface area contributed by atoms with Crippen molar-refractivity contribution in [2.45, 2.75) is 9.79 Å². The second kappa shape index (κ2) is 5.49. The molecule has 2 N–H and O–H groups in total. The van der Waals surface area contributed by atoms with Gasteiger partial charge in [0.2, 0.25) is 0 Å². The minimum absolute atomic E-state index is 0.370. The summed E-state index contributed by atoms with van der Waals surface area (Å²) in [5.41, 5.74) is 0.370. The van der Waals surface area contributed by atoms with Crippen LogP contribution in [0.3, 0.4) is 0 Å². The van der Waals surface area contributed by atoms with Gasteiger partial charge in [-0.3, -0.25) is 9.59 Å². The molecule has 0 saturated carbocycles. The quantitative estimate of drug-likeness (QED) is 0.778. The first-order chi connectivity index (χ1) is 10.1. The minimum Gasteiger partial charge on any atom is -0.480 e. The number of hydrogen-bond donors (Lipinski definition) is 2. The molecule has 5 nitrogen and oxygen atoms in total. The fourth-order valence-electron chi connectivity index (χ4n) is 1.93. The highest BCUT2D eigenvalue weighted by Gasteiger charge is 2.19. The lowest BCUT2D eigenvalue weighted by Crippen LogP contribution is -2.29. The molecule has 3 rings (SSSR count). The monoisotopic (exact) mass is 301 g/mol. The molecule has 0 aliphatic carbocycles. The SMILES string of the molecule is O=C(O)CNC(=O)c1ccc2c(c1)Oc1ccccc1S2. The highest BCUT2D eigenvalue weighted by atomic mass is 32.2. The number of hydrogen-bond acceptors (Lipinski definition) is 4. The van der Waals surface area contributed by atoms with Gasteiger partial charge >= 0.3 is 5.97 Å².